The monoisotopic (exact) mass is 213 g/mol. The van der Waals surface area contributed by atoms with Crippen molar-refractivity contribution in [1.82, 2.24) is 9.80 Å². The molecule has 1 unspecified atom stereocenters. The Hall–Kier alpha value is -0.610. The van der Waals surface area contributed by atoms with Crippen molar-refractivity contribution < 1.29 is 4.79 Å². The maximum atomic E-state index is 11.9. The van der Waals surface area contributed by atoms with E-state index in [0.29, 0.717) is 6.04 Å². The number of hydrogen-bond acceptors (Lipinski definition) is 3. The van der Waals surface area contributed by atoms with Gasteiger partial charge in [0.15, 0.2) is 0 Å². The van der Waals surface area contributed by atoms with E-state index in [9.17, 15) is 4.79 Å². The highest BCUT2D eigenvalue weighted by molar-refractivity contribution is 5.81. The van der Waals surface area contributed by atoms with Gasteiger partial charge in [0.1, 0.15) is 0 Å². The molecule has 1 heterocycles. The van der Waals surface area contributed by atoms with Crippen molar-refractivity contribution in [2.45, 2.75) is 38.8 Å². The first kappa shape index (κ1) is 12.5. The predicted octanol–water partition coefficient (Wildman–Crippen LogP) is 0.276. The number of carbonyl (C=O) groups is 1. The molecule has 15 heavy (non-hydrogen) atoms. The SMILES string of the molecule is CCC1CN(C(=O)[C@@H](N)CC)CCN1C. The van der Waals surface area contributed by atoms with Crippen LogP contribution in [0.3, 0.4) is 0 Å². The molecule has 1 aliphatic heterocycles. The lowest BCUT2D eigenvalue weighted by Crippen LogP contribution is -2.56. The number of rotatable bonds is 3. The smallest absolute Gasteiger partial charge is 0.239 e. The highest BCUT2D eigenvalue weighted by Gasteiger charge is 2.27. The van der Waals surface area contributed by atoms with E-state index in [1.807, 2.05) is 11.8 Å². The molecule has 1 rings (SSSR count). The second-order valence-electron chi connectivity index (χ2n) is 4.34. The number of hydrogen-bond donors (Lipinski definition) is 1. The maximum Gasteiger partial charge on any atom is 0.239 e. The van der Waals surface area contributed by atoms with Crippen LogP contribution in [-0.4, -0.2) is 54.5 Å². The van der Waals surface area contributed by atoms with Gasteiger partial charge in [-0.15, -0.1) is 0 Å². The Morgan fingerprint density at radius 1 is 1.47 bits per heavy atom. The van der Waals surface area contributed by atoms with Crippen molar-refractivity contribution in [2.75, 3.05) is 26.7 Å². The van der Waals surface area contributed by atoms with Crippen LogP contribution >= 0.6 is 0 Å². The van der Waals surface area contributed by atoms with Crippen molar-refractivity contribution in [3.8, 4) is 0 Å². The summed E-state index contributed by atoms with van der Waals surface area (Å²) < 4.78 is 0. The van der Waals surface area contributed by atoms with E-state index in [4.69, 9.17) is 5.73 Å². The summed E-state index contributed by atoms with van der Waals surface area (Å²) in [5.74, 6) is 0.115. The Morgan fingerprint density at radius 3 is 2.67 bits per heavy atom. The molecule has 0 saturated carbocycles. The Morgan fingerprint density at radius 2 is 2.13 bits per heavy atom. The van der Waals surface area contributed by atoms with E-state index in [1.165, 1.54) is 0 Å². The third-order valence-electron chi connectivity index (χ3n) is 3.32. The minimum absolute atomic E-state index is 0.115. The molecule has 0 radical (unpaired) electrons. The van der Waals surface area contributed by atoms with Crippen molar-refractivity contribution in [1.29, 1.82) is 0 Å². The third-order valence-corrected chi connectivity index (χ3v) is 3.32. The summed E-state index contributed by atoms with van der Waals surface area (Å²) in [5, 5.41) is 0. The number of piperazine rings is 1. The van der Waals surface area contributed by atoms with Crippen LogP contribution in [0.15, 0.2) is 0 Å². The molecule has 2 atom stereocenters. The number of carbonyl (C=O) groups excluding carboxylic acids is 1. The Labute approximate surface area is 92.4 Å². The standard InChI is InChI=1S/C11H23N3O/c1-4-9-8-14(7-6-13(9)3)11(15)10(12)5-2/h9-10H,4-8,12H2,1-3H3/t9?,10-/m0/s1. The van der Waals surface area contributed by atoms with Crippen molar-refractivity contribution in [3.05, 3.63) is 0 Å². The molecule has 0 spiro atoms. The van der Waals surface area contributed by atoms with Gasteiger partial charge in [0.25, 0.3) is 0 Å². The van der Waals surface area contributed by atoms with Gasteiger partial charge in [-0.25, -0.2) is 0 Å². The van der Waals surface area contributed by atoms with Crippen molar-refractivity contribution in [3.63, 3.8) is 0 Å². The fourth-order valence-corrected chi connectivity index (χ4v) is 2.00. The average molecular weight is 213 g/mol. The van der Waals surface area contributed by atoms with Crippen LogP contribution < -0.4 is 5.73 Å². The highest BCUT2D eigenvalue weighted by Crippen LogP contribution is 2.11. The lowest BCUT2D eigenvalue weighted by molar-refractivity contribution is -0.135. The zero-order chi connectivity index (χ0) is 11.4. The van der Waals surface area contributed by atoms with E-state index >= 15 is 0 Å². The summed E-state index contributed by atoms with van der Waals surface area (Å²) in [6.45, 7) is 6.73. The molecular weight excluding hydrogens is 190 g/mol. The Balaban J connectivity index is 2.54. The first-order chi connectivity index (χ1) is 7.10. The Bertz CT molecular complexity index is 220. The van der Waals surface area contributed by atoms with Crippen LogP contribution in [-0.2, 0) is 4.79 Å². The minimum Gasteiger partial charge on any atom is -0.338 e. The van der Waals surface area contributed by atoms with Gasteiger partial charge in [-0.2, -0.15) is 0 Å². The molecule has 0 aromatic rings. The summed E-state index contributed by atoms with van der Waals surface area (Å²) in [6.07, 6.45) is 1.81. The van der Waals surface area contributed by atoms with Gasteiger partial charge in [0.2, 0.25) is 5.91 Å². The topological polar surface area (TPSA) is 49.6 Å². The molecular formula is C11H23N3O. The fourth-order valence-electron chi connectivity index (χ4n) is 2.00. The predicted molar refractivity (Wildman–Crippen MR) is 61.6 cm³/mol. The zero-order valence-corrected chi connectivity index (χ0v) is 10.1. The summed E-state index contributed by atoms with van der Waals surface area (Å²) >= 11 is 0. The molecule has 1 aliphatic rings. The maximum absolute atomic E-state index is 11.9. The van der Waals surface area contributed by atoms with Crippen LogP contribution in [0.25, 0.3) is 0 Å². The van der Waals surface area contributed by atoms with Gasteiger partial charge >= 0.3 is 0 Å². The Kier molecular flexibility index (Phi) is 4.54. The summed E-state index contributed by atoms with van der Waals surface area (Å²) in [5.41, 5.74) is 5.76. The van der Waals surface area contributed by atoms with Crippen LogP contribution in [0.2, 0.25) is 0 Å². The summed E-state index contributed by atoms with van der Waals surface area (Å²) in [4.78, 5) is 16.1. The molecule has 1 amide bonds. The molecule has 4 heteroatoms. The number of nitrogens with two attached hydrogens (primary N) is 1. The number of amides is 1. The first-order valence-corrected chi connectivity index (χ1v) is 5.84. The van der Waals surface area contributed by atoms with Crippen molar-refractivity contribution >= 4 is 5.91 Å². The normalized spacial score (nSPS) is 25.3. The van der Waals surface area contributed by atoms with E-state index in [0.717, 1.165) is 32.5 Å². The molecule has 0 aromatic heterocycles. The molecule has 1 fully saturated rings. The third kappa shape index (κ3) is 2.92. The van der Waals surface area contributed by atoms with Gasteiger partial charge in [-0.1, -0.05) is 13.8 Å². The van der Waals surface area contributed by atoms with Crippen LogP contribution in [0, 0.1) is 0 Å². The lowest BCUT2D eigenvalue weighted by Gasteiger charge is -2.39. The van der Waals surface area contributed by atoms with Crippen LogP contribution in [0.5, 0.6) is 0 Å². The largest absolute Gasteiger partial charge is 0.338 e. The van der Waals surface area contributed by atoms with Gasteiger partial charge in [-0.3, -0.25) is 9.69 Å². The lowest BCUT2D eigenvalue weighted by atomic mass is 10.1. The minimum atomic E-state index is -0.314. The average Bonchev–Trinajstić information content (AvgIpc) is 2.27. The first-order valence-electron chi connectivity index (χ1n) is 5.84. The molecule has 2 N–H and O–H groups in total. The van der Waals surface area contributed by atoms with Crippen LogP contribution in [0.1, 0.15) is 26.7 Å². The second kappa shape index (κ2) is 5.47. The zero-order valence-electron chi connectivity index (χ0n) is 10.1. The molecule has 0 bridgehead atoms. The van der Waals surface area contributed by atoms with E-state index in [1.54, 1.807) is 0 Å². The van der Waals surface area contributed by atoms with Gasteiger partial charge in [-0.05, 0) is 19.9 Å². The van der Waals surface area contributed by atoms with Gasteiger partial charge in [0, 0.05) is 25.7 Å². The molecule has 1 saturated heterocycles. The molecule has 0 aliphatic carbocycles. The van der Waals surface area contributed by atoms with E-state index in [-0.39, 0.29) is 11.9 Å². The summed E-state index contributed by atoms with van der Waals surface area (Å²) in [6, 6.07) is 0.178. The number of likely N-dealkylation sites (N-methyl/N-ethyl adjacent to an activating group) is 1. The second-order valence-corrected chi connectivity index (χ2v) is 4.34. The summed E-state index contributed by atoms with van der Waals surface area (Å²) in [7, 11) is 2.12. The van der Waals surface area contributed by atoms with Gasteiger partial charge < -0.3 is 10.6 Å². The van der Waals surface area contributed by atoms with Gasteiger partial charge in [0.05, 0.1) is 6.04 Å². The molecule has 0 aromatic carbocycles. The quantitative estimate of drug-likeness (QED) is 0.732. The highest BCUT2D eigenvalue weighted by atomic mass is 16.2. The molecule has 88 valence electrons. The molecule has 4 nitrogen and oxygen atoms in total. The fraction of sp³-hybridized carbons (Fsp3) is 0.909. The van der Waals surface area contributed by atoms with Crippen LogP contribution in [0.4, 0.5) is 0 Å². The number of nitrogens with zero attached hydrogens (tertiary/aromatic N) is 2. The van der Waals surface area contributed by atoms with Crippen molar-refractivity contribution in [2.24, 2.45) is 5.73 Å². The van der Waals surface area contributed by atoms with E-state index in [2.05, 4.69) is 18.9 Å². The van der Waals surface area contributed by atoms with E-state index < -0.39 is 0 Å².